The molecule has 0 unspecified atom stereocenters. The highest BCUT2D eigenvalue weighted by Gasteiger charge is 2.50. The second kappa shape index (κ2) is 7.02. The number of methoxy groups -OCH3 is 1. The highest BCUT2D eigenvalue weighted by Crippen LogP contribution is 2.41. The Balaban J connectivity index is 1.92. The highest BCUT2D eigenvalue weighted by molar-refractivity contribution is 6.06. The predicted octanol–water partition coefficient (Wildman–Crippen LogP) is 3.29. The lowest BCUT2D eigenvalue weighted by Gasteiger charge is -2.29. The summed E-state index contributed by atoms with van der Waals surface area (Å²) in [4.78, 5) is 37.2. The van der Waals surface area contributed by atoms with Gasteiger partial charge < -0.3 is 14.9 Å². The Labute approximate surface area is 172 Å². The van der Waals surface area contributed by atoms with Crippen LogP contribution in [0, 0.1) is 12.3 Å². The topological polar surface area (TPSA) is 106 Å². The zero-order valence-corrected chi connectivity index (χ0v) is 16.6. The van der Waals surface area contributed by atoms with E-state index in [2.05, 4.69) is 0 Å². The number of hydrogen-bond donors (Lipinski definition) is 2. The molecule has 1 aromatic heterocycles. The van der Waals surface area contributed by atoms with E-state index < -0.39 is 17.4 Å². The number of aliphatic carboxylic acids is 2. The van der Waals surface area contributed by atoms with Crippen molar-refractivity contribution in [2.45, 2.75) is 26.2 Å². The first-order valence-corrected chi connectivity index (χ1v) is 9.57. The Bertz CT molecular complexity index is 1170. The van der Waals surface area contributed by atoms with Gasteiger partial charge in [0.2, 0.25) is 0 Å². The molecule has 1 aliphatic rings. The maximum Gasteiger partial charge on any atom is 0.321 e. The van der Waals surface area contributed by atoms with Gasteiger partial charge in [0.05, 0.1) is 12.6 Å². The van der Waals surface area contributed by atoms with Gasteiger partial charge in [-0.1, -0.05) is 11.6 Å². The van der Waals surface area contributed by atoms with E-state index in [-0.39, 0.29) is 25.2 Å². The molecule has 154 valence electrons. The molecule has 2 aromatic carbocycles. The van der Waals surface area contributed by atoms with Crippen LogP contribution in [0.4, 0.5) is 0 Å². The smallest absolute Gasteiger partial charge is 0.321 e. The fourth-order valence-corrected chi connectivity index (χ4v) is 4.26. The van der Waals surface area contributed by atoms with Crippen LogP contribution in [0.3, 0.4) is 0 Å². The first-order chi connectivity index (χ1) is 14.3. The third kappa shape index (κ3) is 2.85. The molecule has 0 amide bonds. The van der Waals surface area contributed by atoms with Gasteiger partial charge in [-0.3, -0.25) is 19.0 Å². The molecule has 0 bridgehead atoms. The molecular formula is C23H21NO6. The molecule has 0 saturated carbocycles. The van der Waals surface area contributed by atoms with Crippen molar-refractivity contribution in [2.24, 2.45) is 5.41 Å². The highest BCUT2D eigenvalue weighted by atomic mass is 16.5. The lowest BCUT2D eigenvalue weighted by atomic mass is 9.72. The molecule has 30 heavy (non-hydrogen) atoms. The summed E-state index contributed by atoms with van der Waals surface area (Å²) in [6, 6.07) is 12.3. The van der Waals surface area contributed by atoms with Gasteiger partial charge in [0.1, 0.15) is 5.75 Å². The van der Waals surface area contributed by atoms with Gasteiger partial charge >= 0.3 is 11.9 Å². The molecule has 0 radical (unpaired) electrons. The average molecular weight is 407 g/mol. The Hall–Kier alpha value is -3.61. The van der Waals surface area contributed by atoms with Gasteiger partial charge in [0.25, 0.3) is 5.91 Å². The number of carbonyl (C=O) groups excluding carboxylic acids is 1. The van der Waals surface area contributed by atoms with Crippen molar-refractivity contribution in [1.29, 1.82) is 0 Å². The Morgan fingerprint density at radius 3 is 2.30 bits per heavy atom. The minimum absolute atomic E-state index is 0.0735. The first-order valence-electron chi connectivity index (χ1n) is 9.57. The van der Waals surface area contributed by atoms with Crippen molar-refractivity contribution in [3.8, 4) is 5.75 Å². The van der Waals surface area contributed by atoms with Crippen LogP contribution < -0.4 is 4.74 Å². The zero-order chi connectivity index (χ0) is 21.6. The van der Waals surface area contributed by atoms with E-state index in [0.717, 1.165) is 10.9 Å². The summed E-state index contributed by atoms with van der Waals surface area (Å²) >= 11 is 0. The molecular weight excluding hydrogens is 386 g/mol. The van der Waals surface area contributed by atoms with Gasteiger partial charge in [-0.05, 0) is 61.7 Å². The number of ether oxygens (including phenoxy) is 1. The van der Waals surface area contributed by atoms with Gasteiger partial charge in [-0.2, -0.15) is 0 Å². The summed E-state index contributed by atoms with van der Waals surface area (Å²) in [6.45, 7) is 1.90. The fraction of sp³-hybridized carbons (Fsp3) is 0.261. The summed E-state index contributed by atoms with van der Waals surface area (Å²) in [6.07, 6.45) is -0.0464. The molecule has 0 saturated heterocycles. The molecule has 2 N–H and O–H groups in total. The second-order valence-corrected chi connectivity index (χ2v) is 7.68. The first kappa shape index (κ1) is 19.7. The summed E-state index contributed by atoms with van der Waals surface area (Å²) in [7, 11) is 1.55. The van der Waals surface area contributed by atoms with Crippen LogP contribution in [-0.2, 0) is 22.4 Å². The Kier molecular flexibility index (Phi) is 4.61. The van der Waals surface area contributed by atoms with E-state index in [0.29, 0.717) is 28.1 Å². The minimum Gasteiger partial charge on any atom is -0.497 e. The van der Waals surface area contributed by atoms with E-state index >= 15 is 0 Å². The number of aryl methyl sites for hydroxylation is 1. The summed E-state index contributed by atoms with van der Waals surface area (Å²) in [5.41, 5.74) is 1.46. The second-order valence-electron chi connectivity index (χ2n) is 7.68. The summed E-state index contributed by atoms with van der Waals surface area (Å²) in [5, 5.41) is 20.1. The predicted molar refractivity (Wildman–Crippen MR) is 109 cm³/mol. The van der Waals surface area contributed by atoms with Crippen molar-refractivity contribution in [1.82, 2.24) is 4.57 Å². The minimum atomic E-state index is -1.89. The molecule has 1 aliphatic carbocycles. The van der Waals surface area contributed by atoms with Gasteiger partial charge in [-0.25, -0.2) is 0 Å². The third-order valence-electron chi connectivity index (χ3n) is 5.96. The molecule has 1 heterocycles. The van der Waals surface area contributed by atoms with E-state index in [9.17, 15) is 24.6 Å². The van der Waals surface area contributed by atoms with Crippen LogP contribution in [0.5, 0.6) is 5.75 Å². The van der Waals surface area contributed by atoms with Crippen LogP contribution in [0.2, 0.25) is 0 Å². The molecule has 4 rings (SSSR count). The number of aromatic nitrogens is 1. The van der Waals surface area contributed by atoms with E-state index in [1.807, 2.05) is 25.1 Å². The maximum atomic E-state index is 13.4. The number of nitrogens with zero attached hydrogens (tertiary/aromatic N) is 1. The van der Waals surface area contributed by atoms with Crippen molar-refractivity contribution in [2.75, 3.05) is 7.11 Å². The number of fused-ring (bicyclic) bond motifs is 3. The number of carbonyl (C=O) groups is 3. The van der Waals surface area contributed by atoms with Gasteiger partial charge in [0, 0.05) is 23.1 Å². The third-order valence-corrected chi connectivity index (χ3v) is 5.96. The van der Waals surface area contributed by atoms with Gasteiger partial charge in [0.15, 0.2) is 5.41 Å². The van der Waals surface area contributed by atoms with Crippen LogP contribution in [0.1, 0.15) is 33.6 Å². The number of carboxylic acids is 2. The van der Waals surface area contributed by atoms with Crippen LogP contribution in [0.25, 0.3) is 10.9 Å². The fourth-order valence-electron chi connectivity index (χ4n) is 4.26. The van der Waals surface area contributed by atoms with E-state index in [1.54, 1.807) is 35.9 Å². The molecule has 3 aromatic rings. The molecule has 7 nitrogen and oxygen atoms in total. The van der Waals surface area contributed by atoms with E-state index in [1.165, 1.54) is 0 Å². The summed E-state index contributed by atoms with van der Waals surface area (Å²) < 4.78 is 6.75. The largest absolute Gasteiger partial charge is 0.497 e. The number of rotatable bonds is 4. The Morgan fingerprint density at radius 2 is 1.70 bits per heavy atom. The average Bonchev–Trinajstić information content (AvgIpc) is 3.05. The van der Waals surface area contributed by atoms with E-state index in [4.69, 9.17) is 4.74 Å². The monoisotopic (exact) mass is 407 g/mol. The van der Waals surface area contributed by atoms with Crippen molar-refractivity contribution in [3.05, 3.63) is 64.8 Å². The lowest BCUT2D eigenvalue weighted by Crippen LogP contribution is -2.44. The zero-order valence-electron chi connectivity index (χ0n) is 16.6. The van der Waals surface area contributed by atoms with Gasteiger partial charge in [-0.15, -0.1) is 0 Å². The normalized spacial score (nSPS) is 14.9. The molecule has 0 aliphatic heterocycles. The number of hydrogen-bond acceptors (Lipinski definition) is 4. The van der Waals surface area contributed by atoms with Crippen LogP contribution in [0.15, 0.2) is 42.5 Å². The quantitative estimate of drug-likeness (QED) is 0.643. The van der Waals surface area contributed by atoms with Crippen LogP contribution in [-0.4, -0.2) is 39.7 Å². The molecule has 0 fully saturated rings. The number of carboxylic acid groups (broad SMARTS) is 2. The SMILES string of the molecule is COc1ccc(C(=O)n2c3c(c4cc(C)ccc42)CC(C(=O)O)(C(=O)O)CC3)cc1. The molecule has 0 atom stereocenters. The molecule has 0 spiro atoms. The number of benzene rings is 2. The Morgan fingerprint density at radius 1 is 1.03 bits per heavy atom. The maximum absolute atomic E-state index is 13.4. The molecule has 7 heteroatoms. The van der Waals surface area contributed by atoms with Crippen molar-refractivity contribution < 1.29 is 29.3 Å². The van der Waals surface area contributed by atoms with Crippen molar-refractivity contribution in [3.63, 3.8) is 0 Å². The van der Waals surface area contributed by atoms with Crippen molar-refractivity contribution >= 4 is 28.7 Å². The lowest BCUT2D eigenvalue weighted by molar-refractivity contribution is -0.165. The standard InChI is InChI=1S/C23H21NO6/c1-13-3-8-18-16(11-13)17-12-23(21(26)27,22(28)29)10-9-19(17)24(18)20(25)14-4-6-15(30-2)7-5-14/h3-8,11H,9-10,12H2,1-2H3,(H,26,27)(H,28,29). The summed E-state index contributed by atoms with van der Waals surface area (Å²) in [5.74, 6) is -2.31. The van der Waals surface area contributed by atoms with Crippen LogP contribution >= 0.6 is 0 Å².